The molecule has 3 rings (SSSR count). The van der Waals surface area contributed by atoms with Crippen LogP contribution in [0.3, 0.4) is 0 Å². The van der Waals surface area contributed by atoms with Crippen molar-refractivity contribution in [3.63, 3.8) is 0 Å². The third-order valence-corrected chi connectivity index (χ3v) is 8.40. The van der Waals surface area contributed by atoms with Crippen LogP contribution in [0.5, 0.6) is 0 Å². The summed E-state index contributed by atoms with van der Waals surface area (Å²) in [7, 11) is -0.222. The van der Waals surface area contributed by atoms with Gasteiger partial charge in [0.1, 0.15) is 0 Å². The Labute approximate surface area is 174 Å². The van der Waals surface area contributed by atoms with Crippen LogP contribution >= 0.6 is 0 Å². The second kappa shape index (κ2) is 8.60. The van der Waals surface area contributed by atoms with E-state index >= 15 is 0 Å². The molecule has 1 amide bonds. The number of rotatable bonds is 3. The number of likely N-dealkylation sites (tertiary alicyclic amines) is 1. The largest absolute Gasteiger partial charge is 0.490 e. The Morgan fingerprint density at radius 2 is 1.73 bits per heavy atom. The van der Waals surface area contributed by atoms with Crippen LogP contribution in [-0.4, -0.2) is 98.5 Å². The molecule has 9 nitrogen and oxygen atoms in total. The summed E-state index contributed by atoms with van der Waals surface area (Å²) in [6, 6.07) is 0. The average molecular weight is 459 g/mol. The van der Waals surface area contributed by atoms with Gasteiger partial charge in [-0.3, -0.25) is 4.79 Å². The fourth-order valence-electron chi connectivity index (χ4n) is 4.75. The molecule has 3 saturated heterocycles. The number of nitrogens with zero attached hydrogens (tertiary/aromatic N) is 3. The predicted molar refractivity (Wildman–Crippen MR) is 102 cm³/mol. The van der Waals surface area contributed by atoms with Gasteiger partial charge in [-0.05, 0) is 25.8 Å². The molecule has 0 aliphatic carbocycles. The Kier molecular flexibility index (Phi) is 7.11. The number of carbonyl (C=O) groups is 2. The third-order valence-electron chi connectivity index (χ3n) is 6.46. The zero-order valence-corrected chi connectivity index (χ0v) is 18.1. The number of carboxylic acid groups (broad SMARTS) is 1. The number of aliphatic carboxylic acids is 1. The van der Waals surface area contributed by atoms with Gasteiger partial charge < -0.3 is 15.3 Å². The monoisotopic (exact) mass is 458 g/mol. The van der Waals surface area contributed by atoms with Crippen molar-refractivity contribution in [3.8, 4) is 0 Å². The van der Waals surface area contributed by atoms with Gasteiger partial charge in [0.2, 0.25) is 5.91 Å². The van der Waals surface area contributed by atoms with Gasteiger partial charge in [0.25, 0.3) is 10.2 Å². The summed E-state index contributed by atoms with van der Waals surface area (Å²) in [4.78, 5) is 23.9. The van der Waals surface area contributed by atoms with Gasteiger partial charge in [-0.1, -0.05) is 6.92 Å². The van der Waals surface area contributed by atoms with E-state index in [0.717, 1.165) is 45.4 Å². The number of amides is 1. The molecule has 2 N–H and O–H groups in total. The van der Waals surface area contributed by atoms with E-state index in [4.69, 9.17) is 9.90 Å². The van der Waals surface area contributed by atoms with Crippen LogP contribution in [0.25, 0.3) is 0 Å². The second-order valence-electron chi connectivity index (χ2n) is 8.16. The van der Waals surface area contributed by atoms with Crippen LogP contribution in [0.15, 0.2) is 0 Å². The average Bonchev–Trinajstić information content (AvgIpc) is 3.17. The molecule has 1 unspecified atom stereocenters. The quantitative estimate of drug-likeness (QED) is 0.632. The van der Waals surface area contributed by atoms with Crippen molar-refractivity contribution in [1.82, 2.24) is 18.8 Å². The first-order chi connectivity index (χ1) is 13.7. The highest BCUT2D eigenvalue weighted by molar-refractivity contribution is 7.86. The van der Waals surface area contributed by atoms with Crippen molar-refractivity contribution in [2.75, 3.05) is 53.4 Å². The molecular weight excluding hydrogens is 429 g/mol. The highest BCUT2D eigenvalue weighted by atomic mass is 32.2. The maximum atomic E-state index is 12.6. The molecule has 0 radical (unpaired) electrons. The van der Waals surface area contributed by atoms with Crippen molar-refractivity contribution in [2.24, 2.45) is 10.8 Å². The maximum absolute atomic E-state index is 12.6. The fourth-order valence-corrected chi connectivity index (χ4v) is 5.86. The lowest BCUT2D eigenvalue weighted by molar-refractivity contribution is -0.192. The number of nitrogens with one attached hydrogen (secondary N) is 1. The molecule has 13 heteroatoms. The van der Waals surface area contributed by atoms with E-state index < -0.39 is 22.4 Å². The number of piperidine rings is 1. The van der Waals surface area contributed by atoms with Gasteiger partial charge in [-0.25, -0.2) is 4.79 Å². The Morgan fingerprint density at radius 3 is 2.10 bits per heavy atom. The summed E-state index contributed by atoms with van der Waals surface area (Å²) in [5, 5.41) is 10.1. The van der Waals surface area contributed by atoms with Gasteiger partial charge in [0, 0.05) is 52.2 Å². The number of fused-ring (bicyclic) bond motifs is 1. The molecule has 3 aliphatic heterocycles. The van der Waals surface area contributed by atoms with Crippen molar-refractivity contribution >= 4 is 22.1 Å². The van der Waals surface area contributed by atoms with Crippen molar-refractivity contribution in [3.05, 3.63) is 0 Å². The summed E-state index contributed by atoms with van der Waals surface area (Å²) < 4.78 is 59.3. The molecule has 0 bridgehead atoms. The third kappa shape index (κ3) is 4.43. The SMILES string of the molecule is CCN1CC2(CCN(S(=O)(=O)N(C)C)CC2)C2(CCNC2=O)C1.O=C(O)C(F)(F)F. The first-order valence-electron chi connectivity index (χ1n) is 9.70. The summed E-state index contributed by atoms with van der Waals surface area (Å²) in [5.74, 6) is -2.58. The molecule has 0 aromatic heterocycles. The summed E-state index contributed by atoms with van der Waals surface area (Å²) >= 11 is 0. The molecule has 0 aromatic rings. The highest BCUT2D eigenvalue weighted by Crippen LogP contribution is 2.56. The number of alkyl halides is 3. The number of hydrogen-bond donors (Lipinski definition) is 2. The lowest BCUT2D eigenvalue weighted by atomic mass is 9.60. The Hall–Kier alpha value is -1.44. The second-order valence-corrected chi connectivity index (χ2v) is 10.3. The number of hydrogen-bond acceptors (Lipinski definition) is 5. The van der Waals surface area contributed by atoms with E-state index in [9.17, 15) is 26.4 Å². The molecule has 0 aromatic carbocycles. The fraction of sp³-hybridized carbons (Fsp3) is 0.882. The summed E-state index contributed by atoms with van der Waals surface area (Å²) in [5.41, 5.74) is -0.404. The smallest absolute Gasteiger partial charge is 0.475 e. The molecule has 3 aliphatic rings. The Bertz CT molecular complexity index is 766. The van der Waals surface area contributed by atoms with Crippen molar-refractivity contribution < 1.29 is 36.3 Å². The molecule has 174 valence electrons. The lowest BCUT2D eigenvalue weighted by Crippen LogP contribution is -2.54. The van der Waals surface area contributed by atoms with Crippen molar-refractivity contribution in [1.29, 1.82) is 0 Å². The number of carbonyl (C=O) groups excluding carboxylic acids is 1. The van der Waals surface area contributed by atoms with Crippen LogP contribution < -0.4 is 5.32 Å². The van der Waals surface area contributed by atoms with E-state index in [1.165, 1.54) is 4.31 Å². The maximum Gasteiger partial charge on any atom is 0.490 e. The zero-order chi connectivity index (χ0) is 23.0. The molecular formula is C17H29F3N4O5S. The van der Waals surface area contributed by atoms with Gasteiger partial charge in [-0.15, -0.1) is 0 Å². The van der Waals surface area contributed by atoms with Crippen LogP contribution in [-0.2, 0) is 19.8 Å². The molecule has 1 atom stereocenters. The zero-order valence-electron chi connectivity index (χ0n) is 17.3. The summed E-state index contributed by atoms with van der Waals surface area (Å²) in [6.45, 7) is 6.56. The molecule has 3 heterocycles. The first kappa shape index (κ1) is 24.8. The minimum absolute atomic E-state index is 0.0814. The molecule has 0 saturated carbocycles. The van der Waals surface area contributed by atoms with Gasteiger partial charge in [0.15, 0.2) is 0 Å². The van der Waals surface area contributed by atoms with Crippen molar-refractivity contribution in [2.45, 2.75) is 32.4 Å². The Balaban J connectivity index is 0.000000396. The van der Waals surface area contributed by atoms with E-state index in [1.54, 1.807) is 18.4 Å². The van der Waals surface area contributed by atoms with Crippen LogP contribution in [0.2, 0.25) is 0 Å². The standard InChI is InChI=1S/C15H28N4O3S.C2HF3O2/c1-4-18-11-14(15(12-18)5-8-16-13(15)20)6-9-19(10-7-14)23(21,22)17(2)3;3-2(4,5)1(6)7/h4-12H2,1-3H3,(H,16,20);(H,6,7). The molecule has 3 fully saturated rings. The molecule has 2 spiro atoms. The van der Waals surface area contributed by atoms with E-state index in [1.807, 2.05) is 0 Å². The minimum atomic E-state index is -5.08. The summed E-state index contributed by atoms with van der Waals surface area (Å²) in [6.07, 6.45) is -2.67. The Morgan fingerprint density at radius 1 is 1.20 bits per heavy atom. The normalized spacial score (nSPS) is 27.4. The van der Waals surface area contributed by atoms with E-state index in [2.05, 4.69) is 17.1 Å². The van der Waals surface area contributed by atoms with Crippen LogP contribution in [0.4, 0.5) is 13.2 Å². The minimum Gasteiger partial charge on any atom is -0.475 e. The van der Waals surface area contributed by atoms with Gasteiger partial charge in [-0.2, -0.15) is 30.2 Å². The van der Waals surface area contributed by atoms with E-state index in [-0.39, 0.29) is 16.7 Å². The number of carboxylic acids is 1. The topological polar surface area (TPSA) is 110 Å². The lowest BCUT2D eigenvalue weighted by Gasteiger charge is -2.46. The van der Waals surface area contributed by atoms with Gasteiger partial charge in [0.05, 0.1) is 5.41 Å². The van der Waals surface area contributed by atoms with Gasteiger partial charge >= 0.3 is 12.1 Å². The highest BCUT2D eigenvalue weighted by Gasteiger charge is 2.63. The number of halogens is 3. The molecule has 30 heavy (non-hydrogen) atoms. The predicted octanol–water partition coefficient (Wildman–Crippen LogP) is 0.350. The van der Waals surface area contributed by atoms with Crippen LogP contribution in [0, 0.1) is 10.8 Å². The van der Waals surface area contributed by atoms with Crippen LogP contribution in [0.1, 0.15) is 26.2 Å². The van der Waals surface area contributed by atoms with E-state index in [0.29, 0.717) is 13.1 Å². The first-order valence-corrected chi connectivity index (χ1v) is 11.1.